The van der Waals surface area contributed by atoms with E-state index in [1.807, 2.05) is 0 Å². The quantitative estimate of drug-likeness (QED) is 0.636. The van der Waals surface area contributed by atoms with Gasteiger partial charge in [-0.05, 0) is 17.5 Å². The fourth-order valence-corrected chi connectivity index (χ4v) is 1.94. The van der Waals surface area contributed by atoms with Gasteiger partial charge in [-0.3, -0.25) is 0 Å². The highest BCUT2D eigenvalue weighted by molar-refractivity contribution is 5.35. The van der Waals surface area contributed by atoms with E-state index < -0.39 is 0 Å². The summed E-state index contributed by atoms with van der Waals surface area (Å²) in [5, 5.41) is 3.36. The van der Waals surface area contributed by atoms with Crippen molar-refractivity contribution in [3.05, 3.63) is 23.0 Å². The number of hydrogen-bond donors (Lipinski definition) is 1. The van der Waals surface area contributed by atoms with E-state index in [1.165, 1.54) is 16.8 Å². The summed E-state index contributed by atoms with van der Waals surface area (Å²) in [6, 6.07) is 0. The third-order valence-corrected chi connectivity index (χ3v) is 2.46. The molecule has 1 N–H and O–H groups in total. The number of nitrogens with one attached hydrogen (secondary N) is 1. The molecule has 11 heavy (non-hydrogen) atoms. The molecule has 2 rings (SSSR count). The van der Waals surface area contributed by atoms with Crippen LogP contribution < -0.4 is 5.32 Å². The number of aromatic nitrogens is 1. The van der Waals surface area contributed by atoms with Crippen LogP contribution in [0.1, 0.15) is 23.7 Å². The molecule has 60 valence electrons. The average Bonchev–Trinajstić information content (AvgIpc) is 2.46. The van der Waals surface area contributed by atoms with Gasteiger partial charge in [0.25, 0.3) is 0 Å². The van der Waals surface area contributed by atoms with Crippen molar-refractivity contribution in [2.24, 2.45) is 7.05 Å². The molecule has 2 heteroatoms. The first-order chi connectivity index (χ1) is 5.33. The van der Waals surface area contributed by atoms with Gasteiger partial charge in [-0.2, -0.15) is 0 Å². The zero-order valence-electron chi connectivity index (χ0n) is 7.15. The van der Waals surface area contributed by atoms with Crippen molar-refractivity contribution in [1.82, 2.24) is 9.88 Å². The van der Waals surface area contributed by atoms with Crippen molar-refractivity contribution in [3.63, 3.8) is 0 Å². The van der Waals surface area contributed by atoms with E-state index in [2.05, 4.69) is 30.1 Å². The summed E-state index contributed by atoms with van der Waals surface area (Å²) in [5.41, 5.74) is 4.52. The van der Waals surface area contributed by atoms with Gasteiger partial charge in [-0.25, -0.2) is 0 Å². The van der Waals surface area contributed by atoms with Crippen LogP contribution in [-0.2, 0) is 26.6 Å². The van der Waals surface area contributed by atoms with Crippen molar-refractivity contribution in [1.29, 1.82) is 0 Å². The molecule has 0 aliphatic carbocycles. The highest BCUT2D eigenvalue weighted by atomic mass is 15.0. The Morgan fingerprint density at radius 1 is 1.55 bits per heavy atom. The molecule has 2 heterocycles. The number of rotatable bonds is 1. The predicted octanol–water partition coefficient (Wildman–Crippen LogP) is 1.19. The first kappa shape index (κ1) is 6.92. The normalized spacial score (nSPS) is 15.5. The van der Waals surface area contributed by atoms with Crippen LogP contribution in [-0.4, -0.2) is 4.57 Å². The van der Waals surface area contributed by atoms with Crippen LogP contribution in [0.2, 0.25) is 0 Å². The summed E-state index contributed by atoms with van der Waals surface area (Å²) in [6.07, 6.45) is 3.39. The zero-order valence-corrected chi connectivity index (χ0v) is 7.15. The Morgan fingerprint density at radius 3 is 3.09 bits per heavy atom. The van der Waals surface area contributed by atoms with Crippen LogP contribution >= 0.6 is 0 Å². The van der Waals surface area contributed by atoms with Gasteiger partial charge in [0, 0.05) is 32.0 Å². The minimum atomic E-state index is 1.06. The molecule has 1 aromatic heterocycles. The molecule has 0 bridgehead atoms. The first-order valence-electron chi connectivity index (χ1n) is 4.19. The third-order valence-electron chi connectivity index (χ3n) is 2.46. The van der Waals surface area contributed by atoms with Gasteiger partial charge in [0.15, 0.2) is 0 Å². The maximum absolute atomic E-state index is 3.36. The lowest BCUT2D eigenvalue weighted by atomic mass is 10.1. The summed E-state index contributed by atoms with van der Waals surface area (Å²) in [6.45, 7) is 4.34. The van der Waals surface area contributed by atoms with Crippen LogP contribution in [0.5, 0.6) is 0 Å². The van der Waals surface area contributed by atoms with Crippen molar-refractivity contribution < 1.29 is 0 Å². The largest absolute Gasteiger partial charge is 0.354 e. The molecule has 1 aliphatic rings. The molecule has 0 saturated carbocycles. The maximum Gasteiger partial charge on any atom is 0.0229 e. The van der Waals surface area contributed by atoms with E-state index in [1.54, 1.807) is 0 Å². The number of nitrogens with zero attached hydrogens (tertiary/aromatic N) is 1. The molecular formula is C9H14N2. The average molecular weight is 150 g/mol. The number of fused-ring (bicyclic) bond motifs is 1. The van der Waals surface area contributed by atoms with Crippen LogP contribution in [0.3, 0.4) is 0 Å². The highest BCUT2D eigenvalue weighted by Crippen LogP contribution is 2.21. The molecule has 0 spiro atoms. The Kier molecular flexibility index (Phi) is 1.50. The molecule has 2 nitrogen and oxygen atoms in total. The molecule has 0 unspecified atom stereocenters. The first-order valence-corrected chi connectivity index (χ1v) is 4.19. The second kappa shape index (κ2) is 2.38. The minimum Gasteiger partial charge on any atom is -0.354 e. The minimum absolute atomic E-state index is 1.06. The van der Waals surface area contributed by atoms with E-state index in [0.29, 0.717) is 0 Å². The summed E-state index contributed by atoms with van der Waals surface area (Å²) in [4.78, 5) is 0. The fourth-order valence-electron chi connectivity index (χ4n) is 1.94. The second-order valence-corrected chi connectivity index (χ2v) is 3.15. The predicted molar refractivity (Wildman–Crippen MR) is 45.3 cm³/mol. The van der Waals surface area contributed by atoms with Crippen molar-refractivity contribution in [2.75, 3.05) is 0 Å². The molecule has 0 fully saturated rings. The van der Waals surface area contributed by atoms with Gasteiger partial charge in [0.1, 0.15) is 0 Å². The number of hydrogen-bond acceptors (Lipinski definition) is 1. The Balaban J connectivity index is 2.52. The van der Waals surface area contributed by atoms with E-state index >= 15 is 0 Å². The summed E-state index contributed by atoms with van der Waals surface area (Å²) in [7, 11) is 2.14. The van der Waals surface area contributed by atoms with E-state index in [9.17, 15) is 0 Å². The molecule has 0 amide bonds. The molecule has 0 atom stereocenters. The molecule has 0 aromatic carbocycles. The lowest BCUT2D eigenvalue weighted by Gasteiger charge is -2.01. The van der Waals surface area contributed by atoms with Gasteiger partial charge >= 0.3 is 0 Å². The maximum atomic E-state index is 3.36. The van der Waals surface area contributed by atoms with Gasteiger partial charge < -0.3 is 9.88 Å². The van der Waals surface area contributed by atoms with Crippen molar-refractivity contribution >= 4 is 0 Å². The summed E-state index contributed by atoms with van der Waals surface area (Å²) >= 11 is 0. The molecule has 1 aliphatic heterocycles. The molecule has 0 radical (unpaired) electrons. The monoisotopic (exact) mass is 150 g/mol. The van der Waals surface area contributed by atoms with Gasteiger partial charge in [0.2, 0.25) is 0 Å². The fraction of sp³-hybridized carbons (Fsp3) is 0.556. The van der Waals surface area contributed by atoms with Gasteiger partial charge in [-0.15, -0.1) is 0 Å². The Labute approximate surface area is 67.2 Å². The van der Waals surface area contributed by atoms with E-state index in [0.717, 1.165) is 19.5 Å². The van der Waals surface area contributed by atoms with Crippen LogP contribution in [0.15, 0.2) is 6.20 Å². The lowest BCUT2D eigenvalue weighted by Crippen LogP contribution is -2.05. The highest BCUT2D eigenvalue weighted by Gasteiger charge is 2.16. The zero-order chi connectivity index (χ0) is 7.84. The van der Waals surface area contributed by atoms with Crippen LogP contribution in [0.25, 0.3) is 0 Å². The Morgan fingerprint density at radius 2 is 2.36 bits per heavy atom. The topological polar surface area (TPSA) is 17.0 Å². The molecule has 1 aromatic rings. The summed E-state index contributed by atoms with van der Waals surface area (Å²) in [5.74, 6) is 0. The van der Waals surface area contributed by atoms with Crippen molar-refractivity contribution in [3.8, 4) is 0 Å². The van der Waals surface area contributed by atoms with E-state index in [4.69, 9.17) is 0 Å². The lowest BCUT2D eigenvalue weighted by molar-refractivity contribution is 0.728. The van der Waals surface area contributed by atoms with Gasteiger partial charge in [0.05, 0.1) is 0 Å². The summed E-state index contributed by atoms with van der Waals surface area (Å²) < 4.78 is 2.26. The van der Waals surface area contributed by atoms with Crippen molar-refractivity contribution in [2.45, 2.75) is 26.4 Å². The second-order valence-electron chi connectivity index (χ2n) is 3.15. The smallest absolute Gasteiger partial charge is 0.0229 e. The molecular weight excluding hydrogens is 136 g/mol. The number of aryl methyl sites for hydroxylation is 1. The van der Waals surface area contributed by atoms with Crippen LogP contribution in [0, 0.1) is 0 Å². The van der Waals surface area contributed by atoms with Crippen LogP contribution in [0.4, 0.5) is 0 Å². The SMILES string of the molecule is CCc1c2c(cn1C)CNC2. The molecule has 0 saturated heterocycles. The van der Waals surface area contributed by atoms with Gasteiger partial charge in [-0.1, -0.05) is 6.92 Å². The van der Waals surface area contributed by atoms with E-state index in [-0.39, 0.29) is 0 Å². The Bertz CT molecular complexity index is 273. The Hall–Kier alpha value is -0.760. The standard InChI is InChI=1S/C9H14N2/c1-3-9-8-5-10-4-7(8)6-11(9)2/h6,10H,3-5H2,1-2H3. The third kappa shape index (κ3) is 0.897.